The van der Waals surface area contributed by atoms with Gasteiger partial charge < -0.3 is 4.57 Å². The Kier molecular flexibility index (Phi) is 4.68. The summed E-state index contributed by atoms with van der Waals surface area (Å²) in [6.07, 6.45) is 0. The Morgan fingerprint density at radius 1 is 1.00 bits per heavy atom. The molecule has 0 bridgehead atoms. The summed E-state index contributed by atoms with van der Waals surface area (Å²) < 4.78 is 3.29. The zero-order chi connectivity index (χ0) is 19.9. The maximum absolute atomic E-state index is 12.8. The third-order valence-corrected chi connectivity index (χ3v) is 6.21. The maximum atomic E-state index is 12.8. The summed E-state index contributed by atoms with van der Waals surface area (Å²) in [4.78, 5) is 18.0. The molecule has 0 fully saturated rings. The molecule has 0 unspecified atom stereocenters. The average molecular weight is 389 g/mol. The number of aryl methyl sites for hydroxylation is 1. The Balaban J connectivity index is 1.82. The van der Waals surface area contributed by atoms with Gasteiger partial charge in [-0.05, 0) is 41.5 Å². The van der Waals surface area contributed by atoms with Crippen molar-refractivity contribution in [3.63, 3.8) is 0 Å². The van der Waals surface area contributed by atoms with E-state index < -0.39 is 0 Å². The summed E-state index contributed by atoms with van der Waals surface area (Å²) in [5.74, 6) is -0.196. The molecule has 142 valence electrons. The van der Waals surface area contributed by atoms with Crippen LogP contribution in [0.25, 0.3) is 21.0 Å². The number of fused-ring (bicyclic) bond motifs is 3. The Labute approximate surface area is 169 Å². The first-order valence-electron chi connectivity index (χ1n) is 9.59. The summed E-state index contributed by atoms with van der Waals surface area (Å²) >= 11 is 1.58. The number of hydrogen-bond acceptors (Lipinski definition) is 2. The van der Waals surface area contributed by atoms with Gasteiger partial charge in [-0.2, -0.15) is 4.99 Å². The normalized spacial score (nSPS) is 12.8. The van der Waals surface area contributed by atoms with Crippen LogP contribution in [0.5, 0.6) is 0 Å². The second-order valence-electron chi connectivity index (χ2n) is 8.01. The molecule has 4 aromatic rings. The van der Waals surface area contributed by atoms with Crippen LogP contribution in [0, 0.1) is 0 Å². The lowest BCUT2D eigenvalue weighted by Crippen LogP contribution is -2.16. The monoisotopic (exact) mass is 388 g/mol. The summed E-state index contributed by atoms with van der Waals surface area (Å²) in [5, 5.41) is 2.41. The molecule has 0 spiro atoms. The molecule has 3 aromatic carbocycles. The van der Waals surface area contributed by atoms with Crippen molar-refractivity contribution < 1.29 is 4.79 Å². The first-order chi connectivity index (χ1) is 13.4. The van der Waals surface area contributed by atoms with Gasteiger partial charge in [0.05, 0.1) is 10.2 Å². The highest BCUT2D eigenvalue weighted by Crippen LogP contribution is 2.27. The van der Waals surface area contributed by atoms with Crippen molar-refractivity contribution >= 4 is 38.2 Å². The molecule has 28 heavy (non-hydrogen) atoms. The van der Waals surface area contributed by atoms with E-state index >= 15 is 0 Å². The number of nitrogens with zero attached hydrogens (tertiary/aromatic N) is 2. The van der Waals surface area contributed by atoms with Crippen LogP contribution >= 0.6 is 11.3 Å². The smallest absolute Gasteiger partial charge is 0.279 e. The van der Waals surface area contributed by atoms with E-state index in [2.05, 4.69) is 67.6 Å². The van der Waals surface area contributed by atoms with Gasteiger partial charge in [0, 0.05) is 17.5 Å². The zero-order valence-electron chi connectivity index (χ0n) is 16.7. The van der Waals surface area contributed by atoms with Crippen molar-refractivity contribution in [1.82, 2.24) is 4.57 Å². The fourth-order valence-corrected chi connectivity index (χ4v) is 4.68. The fourth-order valence-electron chi connectivity index (χ4n) is 3.45. The molecule has 0 aliphatic rings. The quantitative estimate of drug-likeness (QED) is 0.420. The molecular formula is C24H24N2OS. The summed E-state index contributed by atoms with van der Waals surface area (Å²) in [7, 11) is 0. The Bertz CT molecular complexity index is 1240. The van der Waals surface area contributed by atoms with Crippen LogP contribution in [-0.4, -0.2) is 10.5 Å². The van der Waals surface area contributed by atoms with Gasteiger partial charge in [-0.15, -0.1) is 0 Å². The van der Waals surface area contributed by atoms with E-state index in [1.54, 1.807) is 11.3 Å². The van der Waals surface area contributed by atoms with E-state index in [9.17, 15) is 4.79 Å². The maximum Gasteiger partial charge on any atom is 0.279 e. The summed E-state index contributed by atoms with van der Waals surface area (Å²) in [6.45, 7) is 9.36. The summed E-state index contributed by atoms with van der Waals surface area (Å²) in [6, 6.07) is 20.4. The van der Waals surface area contributed by atoms with Crippen LogP contribution in [0.3, 0.4) is 0 Å². The van der Waals surface area contributed by atoms with E-state index in [4.69, 9.17) is 0 Å². The van der Waals surface area contributed by atoms with Crippen molar-refractivity contribution in [2.75, 3.05) is 0 Å². The first kappa shape index (κ1) is 18.6. The highest BCUT2D eigenvalue weighted by atomic mass is 32.1. The van der Waals surface area contributed by atoms with Crippen molar-refractivity contribution in [2.24, 2.45) is 4.99 Å². The van der Waals surface area contributed by atoms with Crippen molar-refractivity contribution in [2.45, 2.75) is 39.7 Å². The molecule has 1 heterocycles. The molecule has 1 amide bonds. The molecule has 0 saturated heterocycles. The number of carbonyl (C=O) groups excluding carboxylic acids is 1. The Morgan fingerprint density at radius 2 is 1.71 bits per heavy atom. The van der Waals surface area contributed by atoms with E-state index in [0.717, 1.165) is 16.9 Å². The lowest BCUT2D eigenvalue weighted by atomic mass is 9.87. The number of thiazole rings is 1. The Morgan fingerprint density at radius 3 is 2.39 bits per heavy atom. The lowest BCUT2D eigenvalue weighted by molar-refractivity contribution is 0.0998. The third kappa shape index (κ3) is 3.29. The predicted octanol–water partition coefficient (Wildman–Crippen LogP) is 5.91. The molecule has 0 aliphatic heterocycles. The van der Waals surface area contributed by atoms with Gasteiger partial charge in [0.15, 0.2) is 4.80 Å². The van der Waals surface area contributed by atoms with Crippen LogP contribution < -0.4 is 4.80 Å². The first-order valence-corrected chi connectivity index (χ1v) is 10.4. The van der Waals surface area contributed by atoms with Gasteiger partial charge in [0.2, 0.25) is 0 Å². The zero-order valence-corrected chi connectivity index (χ0v) is 17.5. The van der Waals surface area contributed by atoms with Gasteiger partial charge in [-0.3, -0.25) is 4.79 Å². The lowest BCUT2D eigenvalue weighted by Gasteiger charge is -2.18. The van der Waals surface area contributed by atoms with Crippen molar-refractivity contribution in [1.29, 1.82) is 0 Å². The number of rotatable bonds is 2. The third-order valence-electron chi connectivity index (χ3n) is 5.09. The van der Waals surface area contributed by atoms with Gasteiger partial charge in [0.1, 0.15) is 0 Å². The Hall–Kier alpha value is -2.72. The molecule has 0 N–H and O–H groups in total. The molecule has 3 nitrogen and oxygen atoms in total. The molecule has 4 rings (SSSR count). The van der Waals surface area contributed by atoms with Gasteiger partial charge in [0.25, 0.3) is 5.91 Å². The molecular weight excluding hydrogens is 364 g/mol. The number of aromatic nitrogens is 1. The largest absolute Gasteiger partial charge is 0.317 e. The average Bonchev–Trinajstić information content (AvgIpc) is 3.04. The van der Waals surface area contributed by atoms with Gasteiger partial charge >= 0.3 is 0 Å². The molecule has 0 radical (unpaired) electrons. The van der Waals surface area contributed by atoms with Gasteiger partial charge in [-0.1, -0.05) is 74.6 Å². The number of benzene rings is 3. The minimum absolute atomic E-state index is 0.0660. The highest BCUT2D eigenvalue weighted by molar-refractivity contribution is 7.17. The van der Waals surface area contributed by atoms with Crippen LogP contribution in [0.2, 0.25) is 0 Å². The van der Waals surface area contributed by atoms with E-state index in [1.807, 2.05) is 30.3 Å². The predicted molar refractivity (Wildman–Crippen MR) is 118 cm³/mol. The van der Waals surface area contributed by atoms with Gasteiger partial charge in [-0.25, -0.2) is 0 Å². The standard InChI is InChI=1S/C24H24N2OS/c1-5-26-20-15-12-16-8-6-7-9-19(16)21(20)28-23(26)25-22(27)17-10-13-18(14-11-17)24(2,3)4/h6-15H,5H2,1-4H3. The van der Waals surface area contributed by atoms with Crippen molar-refractivity contribution in [3.8, 4) is 0 Å². The van der Waals surface area contributed by atoms with Crippen molar-refractivity contribution in [3.05, 3.63) is 76.6 Å². The van der Waals surface area contributed by atoms with E-state index in [0.29, 0.717) is 5.56 Å². The molecule has 0 atom stereocenters. The number of hydrogen-bond donors (Lipinski definition) is 0. The minimum atomic E-state index is -0.196. The minimum Gasteiger partial charge on any atom is -0.317 e. The molecule has 0 saturated carbocycles. The van der Waals surface area contributed by atoms with Crippen LogP contribution in [-0.2, 0) is 12.0 Å². The second-order valence-corrected chi connectivity index (χ2v) is 8.99. The summed E-state index contributed by atoms with van der Waals surface area (Å²) in [5.41, 5.74) is 3.02. The van der Waals surface area contributed by atoms with Crippen LogP contribution in [0.4, 0.5) is 0 Å². The highest BCUT2D eigenvalue weighted by Gasteiger charge is 2.15. The van der Waals surface area contributed by atoms with Crippen LogP contribution in [0.15, 0.2) is 65.7 Å². The molecule has 0 aliphatic carbocycles. The SMILES string of the molecule is CCn1c(=NC(=O)c2ccc(C(C)(C)C)cc2)sc2c3ccccc3ccc21. The number of amides is 1. The molecule has 4 heteroatoms. The second kappa shape index (κ2) is 7.02. The van der Waals surface area contributed by atoms with E-state index in [1.165, 1.54) is 21.0 Å². The van der Waals surface area contributed by atoms with E-state index in [-0.39, 0.29) is 11.3 Å². The fraction of sp³-hybridized carbons (Fsp3) is 0.250. The molecule has 1 aromatic heterocycles. The van der Waals surface area contributed by atoms with Crippen LogP contribution in [0.1, 0.15) is 43.6 Å². The topological polar surface area (TPSA) is 34.4 Å². The number of carbonyl (C=O) groups is 1.